The summed E-state index contributed by atoms with van der Waals surface area (Å²) < 4.78 is 10.2. The number of rotatable bonds is 7. The molecule has 0 aliphatic heterocycles. The second kappa shape index (κ2) is 7.83. The molecule has 1 saturated carbocycles. The van der Waals surface area contributed by atoms with Gasteiger partial charge in [0, 0.05) is 12.0 Å². The highest BCUT2D eigenvalue weighted by Crippen LogP contribution is 2.35. The number of hydrogen-bond donors (Lipinski definition) is 2. The van der Waals surface area contributed by atoms with E-state index in [1.807, 2.05) is 30.3 Å². The van der Waals surface area contributed by atoms with Crippen molar-refractivity contribution in [3.8, 4) is 0 Å². The Balaban J connectivity index is 1.89. The Morgan fingerprint density at radius 3 is 2.32 bits per heavy atom. The molecule has 0 saturated heterocycles. The van der Waals surface area contributed by atoms with Gasteiger partial charge in [-0.15, -0.1) is 0 Å². The van der Waals surface area contributed by atoms with Crippen LogP contribution in [0.1, 0.15) is 32.3 Å². The maximum Gasteiger partial charge on any atom is 0.411 e. The zero-order chi connectivity index (χ0) is 18.4. The Morgan fingerprint density at radius 2 is 1.80 bits per heavy atom. The molecular weight excluding hydrogens is 326 g/mol. The van der Waals surface area contributed by atoms with Gasteiger partial charge in [0.2, 0.25) is 0 Å². The van der Waals surface area contributed by atoms with Crippen molar-refractivity contribution in [1.29, 1.82) is 0 Å². The molecule has 7 heteroatoms. The first-order chi connectivity index (χ1) is 11.8. The quantitative estimate of drug-likeness (QED) is 0.446. The highest BCUT2D eigenvalue weighted by atomic mass is 16.7. The van der Waals surface area contributed by atoms with E-state index in [0.29, 0.717) is 12.8 Å². The number of hydrogen-bond acceptors (Lipinski definition) is 5. The maximum absolute atomic E-state index is 11.9. The lowest BCUT2D eigenvalue weighted by molar-refractivity contribution is -0.169. The Bertz CT molecular complexity index is 663. The number of carbonyl (C=O) groups is 3. The van der Waals surface area contributed by atoms with Crippen LogP contribution < -0.4 is 5.32 Å². The largest absolute Gasteiger partial charge is 0.480 e. The topological polar surface area (TPSA) is 102 Å². The molecule has 1 aromatic carbocycles. The van der Waals surface area contributed by atoms with Crippen LogP contribution in [-0.2, 0) is 19.1 Å². The molecular formula is C18H21NO6. The van der Waals surface area contributed by atoms with E-state index in [4.69, 9.17) is 14.6 Å². The van der Waals surface area contributed by atoms with Crippen LogP contribution >= 0.6 is 0 Å². The first kappa shape index (κ1) is 18.5. The minimum absolute atomic E-state index is 0.292. The van der Waals surface area contributed by atoms with Crippen molar-refractivity contribution in [3.63, 3.8) is 0 Å². The summed E-state index contributed by atoms with van der Waals surface area (Å²) in [7, 11) is 0. The molecule has 2 rings (SSSR count). The summed E-state index contributed by atoms with van der Waals surface area (Å²) >= 11 is 0. The van der Waals surface area contributed by atoms with Gasteiger partial charge >= 0.3 is 18.0 Å². The molecule has 1 fully saturated rings. The number of carboxylic acid groups (broad SMARTS) is 1. The number of carbonyl (C=O) groups excluding carboxylic acids is 2. The fourth-order valence-corrected chi connectivity index (χ4v) is 2.03. The Kier molecular flexibility index (Phi) is 5.80. The molecule has 0 heterocycles. The Hall–Kier alpha value is -2.83. The maximum atomic E-state index is 11.9. The van der Waals surface area contributed by atoms with Gasteiger partial charge in [-0.05, 0) is 24.5 Å². The van der Waals surface area contributed by atoms with Crippen LogP contribution in [0.25, 0.3) is 6.08 Å². The van der Waals surface area contributed by atoms with Crippen molar-refractivity contribution in [2.45, 2.75) is 38.5 Å². The zero-order valence-corrected chi connectivity index (χ0v) is 14.1. The summed E-state index contributed by atoms with van der Waals surface area (Å²) in [5, 5.41) is 11.4. The highest BCUT2D eigenvalue weighted by molar-refractivity contribution is 5.88. The van der Waals surface area contributed by atoms with Crippen LogP contribution in [0.4, 0.5) is 4.79 Å². The highest BCUT2D eigenvalue weighted by Gasteiger charge is 2.52. The van der Waals surface area contributed by atoms with Gasteiger partial charge in [0.05, 0.1) is 0 Å². The van der Waals surface area contributed by atoms with Gasteiger partial charge in [0.25, 0.3) is 6.29 Å². The van der Waals surface area contributed by atoms with Crippen molar-refractivity contribution >= 4 is 24.1 Å². The SMILES string of the molecule is CC(C)C(OC(=O)C=Cc1ccccc1)OC(=O)NC1(C(=O)O)CC1. The lowest BCUT2D eigenvalue weighted by Crippen LogP contribution is -2.45. The number of carboxylic acids is 1. The zero-order valence-electron chi connectivity index (χ0n) is 14.1. The van der Waals surface area contributed by atoms with E-state index in [1.165, 1.54) is 6.08 Å². The number of benzene rings is 1. The van der Waals surface area contributed by atoms with Crippen molar-refractivity contribution in [1.82, 2.24) is 5.32 Å². The van der Waals surface area contributed by atoms with Crippen LogP contribution in [0.5, 0.6) is 0 Å². The fourth-order valence-electron chi connectivity index (χ4n) is 2.03. The smallest absolute Gasteiger partial charge is 0.411 e. The lowest BCUT2D eigenvalue weighted by atomic mass is 10.2. The third-order valence-corrected chi connectivity index (χ3v) is 3.71. The van der Waals surface area contributed by atoms with Crippen LogP contribution in [-0.4, -0.2) is 35.0 Å². The molecule has 0 bridgehead atoms. The van der Waals surface area contributed by atoms with Gasteiger partial charge in [-0.25, -0.2) is 14.4 Å². The fraction of sp³-hybridized carbons (Fsp3) is 0.389. The van der Waals surface area contributed by atoms with Crippen LogP contribution in [0.2, 0.25) is 0 Å². The summed E-state index contributed by atoms with van der Waals surface area (Å²) in [5.41, 5.74) is -0.424. The molecule has 1 aliphatic carbocycles. The first-order valence-electron chi connectivity index (χ1n) is 7.98. The normalized spacial score (nSPS) is 16.3. The van der Waals surface area contributed by atoms with Gasteiger partial charge < -0.3 is 19.9 Å². The van der Waals surface area contributed by atoms with E-state index in [2.05, 4.69) is 5.32 Å². The summed E-state index contributed by atoms with van der Waals surface area (Å²) in [6.45, 7) is 3.44. The number of ether oxygens (including phenoxy) is 2. The Labute approximate surface area is 145 Å². The second-order valence-electron chi connectivity index (χ2n) is 6.21. The van der Waals surface area contributed by atoms with Crippen LogP contribution in [0.3, 0.4) is 0 Å². The summed E-state index contributed by atoms with van der Waals surface area (Å²) in [6.07, 6.45) is 1.50. The van der Waals surface area contributed by atoms with Gasteiger partial charge in [-0.1, -0.05) is 44.2 Å². The van der Waals surface area contributed by atoms with E-state index in [1.54, 1.807) is 19.9 Å². The molecule has 7 nitrogen and oxygen atoms in total. The van der Waals surface area contributed by atoms with E-state index < -0.39 is 29.9 Å². The third kappa shape index (κ3) is 5.34. The number of esters is 1. The van der Waals surface area contributed by atoms with E-state index >= 15 is 0 Å². The summed E-state index contributed by atoms with van der Waals surface area (Å²) in [5.74, 6) is -2.05. The third-order valence-electron chi connectivity index (χ3n) is 3.71. The first-order valence-corrected chi connectivity index (χ1v) is 7.98. The van der Waals surface area contributed by atoms with Crippen molar-refractivity contribution in [2.75, 3.05) is 0 Å². The lowest BCUT2D eigenvalue weighted by Gasteiger charge is -2.22. The van der Waals surface area contributed by atoms with E-state index in [-0.39, 0.29) is 5.92 Å². The van der Waals surface area contributed by atoms with E-state index in [9.17, 15) is 14.4 Å². The number of alkyl carbamates (subject to hydrolysis) is 1. The predicted molar refractivity (Wildman–Crippen MR) is 89.4 cm³/mol. The summed E-state index contributed by atoms with van der Waals surface area (Å²) in [4.78, 5) is 34.8. The second-order valence-corrected chi connectivity index (χ2v) is 6.21. The van der Waals surface area contributed by atoms with E-state index in [0.717, 1.165) is 5.56 Å². The average Bonchev–Trinajstić information content (AvgIpc) is 3.34. The average molecular weight is 347 g/mol. The minimum Gasteiger partial charge on any atom is -0.480 e. The standard InChI is InChI=1S/C18H21NO6/c1-12(2)15(25-17(23)19-18(10-11-18)16(21)22)24-14(20)9-8-13-6-4-3-5-7-13/h3-9,12,15H,10-11H2,1-2H3,(H,19,23)(H,21,22). The molecule has 1 unspecified atom stereocenters. The number of amides is 1. The van der Waals surface area contributed by atoms with Crippen LogP contribution in [0, 0.1) is 5.92 Å². The molecule has 134 valence electrons. The van der Waals surface area contributed by atoms with Crippen LogP contribution in [0.15, 0.2) is 36.4 Å². The van der Waals surface area contributed by atoms with Crippen molar-refractivity contribution in [3.05, 3.63) is 42.0 Å². The van der Waals surface area contributed by atoms with Gasteiger partial charge in [0.15, 0.2) is 0 Å². The minimum atomic E-state index is -1.25. The number of aliphatic carboxylic acids is 1. The molecule has 1 atom stereocenters. The Morgan fingerprint density at radius 1 is 1.16 bits per heavy atom. The summed E-state index contributed by atoms with van der Waals surface area (Å²) in [6, 6.07) is 9.20. The molecule has 1 aromatic rings. The molecule has 1 amide bonds. The number of nitrogens with one attached hydrogen (secondary N) is 1. The van der Waals surface area contributed by atoms with Crippen molar-refractivity contribution < 1.29 is 29.0 Å². The van der Waals surface area contributed by atoms with Crippen molar-refractivity contribution in [2.24, 2.45) is 5.92 Å². The molecule has 0 radical (unpaired) electrons. The molecule has 0 aromatic heterocycles. The molecule has 1 aliphatic rings. The molecule has 2 N–H and O–H groups in total. The molecule has 0 spiro atoms. The monoisotopic (exact) mass is 347 g/mol. The van der Waals surface area contributed by atoms with Gasteiger partial charge in [0.1, 0.15) is 5.54 Å². The molecule has 25 heavy (non-hydrogen) atoms. The predicted octanol–water partition coefficient (Wildman–Crippen LogP) is 2.57. The van der Waals surface area contributed by atoms with Gasteiger partial charge in [-0.3, -0.25) is 0 Å². The van der Waals surface area contributed by atoms with Gasteiger partial charge in [-0.2, -0.15) is 0 Å².